The standard InChI is InChI=1S/C17H18ClF2N/c1-2-21-15(10-12-6-8-14(19)9-7-12)11-13-4-3-5-16(18)17(13)20/h3-9,15,21H,2,10-11H2,1H3. The van der Waals surface area contributed by atoms with Crippen molar-refractivity contribution in [2.45, 2.75) is 25.8 Å². The van der Waals surface area contributed by atoms with Gasteiger partial charge in [-0.05, 0) is 48.7 Å². The van der Waals surface area contributed by atoms with Crippen molar-refractivity contribution in [2.75, 3.05) is 6.54 Å². The largest absolute Gasteiger partial charge is 0.314 e. The molecule has 1 atom stereocenters. The Balaban J connectivity index is 2.11. The molecule has 0 saturated carbocycles. The zero-order chi connectivity index (χ0) is 15.2. The summed E-state index contributed by atoms with van der Waals surface area (Å²) < 4.78 is 26.9. The second kappa shape index (κ2) is 7.53. The molecular weight excluding hydrogens is 292 g/mol. The summed E-state index contributed by atoms with van der Waals surface area (Å²) >= 11 is 5.81. The molecule has 2 aromatic carbocycles. The summed E-state index contributed by atoms with van der Waals surface area (Å²) in [6.07, 6.45) is 1.25. The van der Waals surface area contributed by atoms with Crippen LogP contribution in [0, 0.1) is 11.6 Å². The van der Waals surface area contributed by atoms with Crippen molar-refractivity contribution in [2.24, 2.45) is 0 Å². The van der Waals surface area contributed by atoms with Crippen LogP contribution < -0.4 is 5.32 Å². The van der Waals surface area contributed by atoms with E-state index < -0.39 is 0 Å². The van der Waals surface area contributed by atoms with Crippen LogP contribution in [0.15, 0.2) is 42.5 Å². The number of rotatable bonds is 6. The number of hydrogen-bond acceptors (Lipinski definition) is 1. The Morgan fingerprint density at radius 3 is 2.43 bits per heavy atom. The maximum absolute atomic E-state index is 14.0. The number of likely N-dealkylation sites (N-methyl/N-ethyl adjacent to an activating group) is 1. The maximum Gasteiger partial charge on any atom is 0.145 e. The van der Waals surface area contributed by atoms with Crippen molar-refractivity contribution in [3.05, 3.63) is 70.2 Å². The third kappa shape index (κ3) is 4.51. The van der Waals surface area contributed by atoms with Crippen LogP contribution in [0.25, 0.3) is 0 Å². The Morgan fingerprint density at radius 2 is 1.76 bits per heavy atom. The van der Waals surface area contributed by atoms with E-state index in [2.05, 4.69) is 5.32 Å². The van der Waals surface area contributed by atoms with E-state index in [1.165, 1.54) is 12.1 Å². The van der Waals surface area contributed by atoms with Crippen LogP contribution in [0.1, 0.15) is 18.1 Å². The molecule has 4 heteroatoms. The zero-order valence-corrected chi connectivity index (χ0v) is 12.6. The van der Waals surface area contributed by atoms with Gasteiger partial charge in [0.1, 0.15) is 11.6 Å². The summed E-state index contributed by atoms with van der Waals surface area (Å²) in [5, 5.41) is 3.48. The fraction of sp³-hybridized carbons (Fsp3) is 0.294. The number of halogens is 3. The molecule has 0 aliphatic heterocycles. The van der Waals surface area contributed by atoms with E-state index in [1.54, 1.807) is 30.3 Å². The fourth-order valence-electron chi connectivity index (χ4n) is 2.38. The number of nitrogens with one attached hydrogen (secondary N) is 1. The van der Waals surface area contributed by atoms with Gasteiger partial charge in [-0.2, -0.15) is 0 Å². The Morgan fingerprint density at radius 1 is 1.05 bits per heavy atom. The highest BCUT2D eigenvalue weighted by atomic mass is 35.5. The number of benzene rings is 2. The number of hydrogen-bond donors (Lipinski definition) is 1. The van der Waals surface area contributed by atoms with Gasteiger partial charge in [-0.15, -0.1) is 0 Å². The van der Waals surface area contributed by atoms with Gasteiger partial charge in [0.2, 0.25) is 0 Å². The molecule has 0 radical (unpaired) electrons. The van der Waals surface area contributed by atoms with Crippen molar-refractivity contribution in [3.63, 3.8) is 0 Å². The normalized spacial score (nSPS) is 12.4. The highest BCUT2D eigenvalue weighted by Gasteiger charge is 2.14. The SMILES string of the molecule is CCNC(Cc1ccc(F)cc1)Cc1cccc(Cl)c1F. The molecule has 2 aromatic rings. The molecule has 0 aliphatic rings. The molecule has 1 nitrogen and oxygen atoms in total. The van der Waals surface area contributed by atoms with E-state index in [-0.39, 0.29) is 22.7 Å². The molecule has 1 unspecified atom stereocenters. The Labute approximate surface area is 128 Å². The van der Waals surface area contributed by atoms with Gasteiger partial charge in [-0.25, -0.2) is 8.78 Å². The van der Waals surface area contributed by atoms with Crippen LogP contribution in [0.2, 0.25) is 5.02 Å². The van der Waals surface area contributed by atoms with E-state index >= 15 is 0 Å². The van der Waals surface area contributed by atoms with Crippen LogP contribution in [0.5, 0.6) is 0 Å². The molecular formula is C17H18ClF2N. The van der Waals surface area contributed by atoms with Gasteiger partial charge >= 0.3 is 0 Å². The molecule has 0 aliphatic carbocycles. The monoisotopic (exact) mass is 309 g/mol. The molecule has 2 rings (SSSR count). The van der Waals surface area contributed by atoms with Crippen molar-refractivity contribution in [1.82, 2.24) is 5.32 Å². The summed E-state index contributed by atoms with van der Waals surface area (Å²) in [6.45, 7) is 2.79. The lowest BCUT2D eigenvalue weighted by molar-refractivity contribution is 0.505. The summed E-state index contributed by atoms with van der Waals surface area (Å²) in [5.41, 5.74) is 1.61. The van der Waals surface area contributed by atoms with Crippen molar-refractivity contribution >= 4 is 11.6 Å². The van der Waals surface area contributed by atoms with Crippen LogP contribution in [0.3, 0.4) is 0 Å². The highest BCUT2D eigenvalue weighted by Crippen LogP contribution is 2.20. The first-order chi connectivity index (χ1) is 10.1. The predicted molar refractivity (Wildman–Crippen MR) is 82.7 cm³/mol. The second-order valence-electron chi connectivity index (χ2n) is 5.00. The van der Waals surface area contributed by atoms with E-state index in [9.17, 15) is 8.78 Å². The quantitative estimate of drug-likeness (QED) is 0.835. The lowest BCUT2D eigenvalue weighted by Gasteiger charge is -2.18. The Hall–Kier alpha value is -1.45. The van der Waals surface area contributed by atoms with E-state index in [0.717, 1.165) is 12.1 Å². The lowest BCUT2D eigenvalue weighted by atomic mass is 9.98. The fourth-order valence-corrected chi connectivity index (χ4v) is 2.58. The molecule has 0 saturated heterocycles. The smallest absolute Gasteiger partial charge is 0.145 e. The van der Waals surface area contributed by atoms with Crippen molar-refractivity contribution in [3.8, 4) is 0 Å². The summed E-state index contributed by atoms with van der Waals surface area (Å²) in [4.78, 5) is 0. The van der Waals surface area contributed by atoms with Crippen molar-refractivity contribution < 1.29 is 8.78 Å². The van der Waals surface area contributed by atoms with Crippen LogP contribution >= 0.6 is 11.6 Å². The summed E-state index contributed by atoms with van der Waals surface area (Å²) in [6, 6.07) is 11.5. The van der Waals surface area contributed by atoms with Gasteiger partial charge in [0.15, 0.2) is 0 Å². The maximum atomic E-state index is 14.0. The topological polar surface area (TPSA) is 12.0 Å². The minimum atomic E-state index is -0.360. The molecule has 0 amide bonds. The molecule has 1 N–H and O–H groups in total. The Bertz CT molecular complexity index is 584. The van der Waals surface area contributed by atoms with Crippen LogP contribution in [-0.2, 0) is 12.8 Å². The molecule has 0 fully saturated rings. The molecule has 21 heavy (non-hydrogen) atoms. The van der Waals surface area contributed by atoms with E-state index in [1.807, 2.05) is 6.92 Å². The first-order valence-corrected chi connectivity index (χ1v) is 7.38. The van der Waals surface area contributed by atoms with Gasteiger partial charge < -0.3 is 5.32 Å². The first-order valence-electron chi connectivity index (χ1n) is 7.01. The van der Waals surface area contributed by atoms with Crippen LogP contribution in [0.4, 0.5) is 8.78 Å². The van der Waals surface area contributed by atoms with Gasteiger partial charge in [-0.3, -0.25) is 0 Å². The average Bonchev–Trinajstić information content (AvgIpc) is 2.46. The third-order valence-electron chi connectivity index (χ3n) is 3.39. The average molecular weight is 310 g/mol. The first kappa shape index (κ1) is 15.9. The highest BCUT2D eigenvalue weighted by molar-refractivity contribution is 6.30. The molecule has 112 valence electrons. The molecule has 0 heterocycles. The summed E-state index contributed by atoms with van der Waals surface area (Å²) in [7, 11) is 0. The van der Waals surface area contributed by atoms with Gasteiger partial charge in [0.25, 0.3) is 0 Å². The zero-order valence-electron chi connectivity index (χ0n) is 11.9. The van der Waals surface area contributed by atoms with Gasteiger partial charge in [0, 0.05) is 6.04 Å². The van der Waals surface area contributed by atoms with Gasteiger partial charge in [0.05, 0.1) is 5.02 Å². The van der Waals surface area contributed by atoms with Crippen LogP contribution in [-0.4, -0.2) is 12.6 Å². The minimum absolute atomic E-state index is 0.0772. The molecule has 0 aromatic heterocycles. The van der Waals surface area contributed by atoms with E-state index in [4.69, 9.17) is 11.6 Å². The van der Waals surface area contributed by atoms with Crippen molar-refractivity contribution in [1.29, 1.82) is 0 Å². The predicted octanol–water partition coefficient (Wildman–Crippen LogP) is 4.38. The third-order valence-corrected chi connectivity index (χ3v) is 3.68. The minimum Gasteiger partial charge on any atom is -0.314 e. The second-order valence-corrected chi connectivity index (χ2v) is 5.41. The lowest BCUT2D eigenvalue weighted by Crippen LogP contribution is -2.33. The molecule has 0 bridgehead atoms. The van der Waals surface area contributed by atoms with Gasteiger partial charge in [-0.1, -0.05) is 42.8 Å². The Kier molecular flexibility index (Phi) is 5.71. The summed E-state index contributed by atoms with van der Waals surface area (Å²) in [5.74, 6) is -0.610. The molecule has 0 spiro atoms. The van der Waals surface area contributed by atoms with E-state index in [0.29, 0.717) is 18.4 Å².